The molecule has 0 aliphatic carbocycles. The van der Waals surface area contributed by atoms with Crippen LogP contribution in [0.15, 0.2) is 33.9 Å². The van der Waals surface area contributed by atoms with Gasteiger partial charge in [0.2, 0.25) is 0 Å². The number of hydrogen-bond acceptors (Lipinski definition) is 5. The van der Waals surface area contributed by atoms with Crippen molar-refractivity contribution < 1.29 is 22.6 Å². The van der Waals surface area contributed by atoms with Crippen LogP contribution in [0.5, 0.6) is 17.5 Å². The molecule has 2 heterocycles. The molecule has 8 nitrogen and oxygen atoms in total. The summed E-state index contributed by atoms with van der Waals surface area (Å²) in [5.74, 6) is -0.576. The van der Waals surface area contributed by atoms with Gasteiger partial charge in [0.15, 0.2) is 11.2 Å². The molecule has 0 aliphatic rings. The number of nitrogens with one attached hydrogen (secondary N) is 1. The van der Waals surface area contributed by atoms with Crippen molar-refractivity contribution >= 4 is 22.9 Å². The molecule has 0 amide bonds. The molecule has 0 spiro atoms. The number of nitrogens with zero attached hydrogens (tertiary/aromatic N) is 3. The summed E-state index contributed by atoms with van der Waals surface area (Å²) in [6.07, 6.45) is -4.86. The maximum Gasteiger partial charge on any atom is 0.573 e. The molecule has 3 rings (SSSR count). The Bertz CT molecular complexity index is 1070. The Morgan fingerprint density at radius 2 is 1.92 bits per heavy atom. The van der Waals surface area contributed by atoms with E-state index in [-0.39, 0.29) is 22.9 Å². The molecule has 0 aliphatic heterocycles. The molecule has 25 heavy (non-hydrogen) atoms. The molecule has 3 aromatic rings. The molecule has 1 N–H and O–H groups in total. The number of imidazole rings is 1. The summed E-state index contributed by atoms with van der Waals surface area (Å²) in [4.78, 5) is 29.4. The van der Waals surface area contributed by atoms with Gasteiger partial charge in [-0.2, -0.15) is 9.07 Å². The first-order valence-electron chi connectivity index (χ1n) is 6.57. The van der Waals surface area contributed by atoms with Gasteiger partial charge in [0.05, 0.1) is 0 Å². The summed E-state index contributed by atoms with van der Waals surface area (Å²) in [7, 11) is 1.35. The molecule has 1 aromatic carbocycles. The van der Waals surface area contributed by atoms with Gasteiger partial charge in [0.25, 0.3) is 5.56 Å². The zero-order valence-electron chi connectivity index (χ0n) is 12.3. The van der Waals surface area contributed by atoms with Gasteiger partial charge < -0.3 is 9.47 Å². The van der Waals surface area contributed by atoms with Gasteiger partial charge in [-0.25, -0.2) is 4.79 Å². The van der Waals surface area contributed by atoms with E-state index in [1.54, 1.807) is 0 Å². The van der Waals surface area contributed by atoms with Crippen molar-refractivity contribution in [2.45, 2.75) is 6.36 Å². The molecular weight excluding hydrogens is 369 g/mol. The van der Waals surface area contributed by atoms with E-state index in [1.165, 1.54) is 19.2 Å². The van der Waals surface area contributed by atoms with E-state index in [1.807, 2.05) is 4.98 Å². The van der Waals surface area contributed by atoms with Crippen molar-refractivity contribution in [1.29, 1.82) is 0 Å². The standard InChI is InChI=1S/C13H8ClF3N4O4/c1-20-9-8(10(22)19-11(20)23)21(14)12(18-9)24-6-3-2-4-7(5-6)25-13(15,16)17/h2-5H,1H3,(H,19,22,23). The highest BCUT2D eigenvalue weighted by Crippen LogP contribution is 2.29. The Morgan fingerprint density at radius 3 is 2.60 bits per heavy atom. The Balaban J connectivity index is 2.02. The lowest BCUT2D eigenvalue weighted by atomic mass is 10.3. The number of benzene rings is 1. The maximum atomic E-state index is 12.3. The smallest absolute Gasteiger partial charge is 0.424 e. The van der Waals surface area contributed by atoms with Gasteiger partial charge in [-0.3, -0.25) is 14.3 Å². The number of H-pyrrole nitrogens is 1. The number of aromatic nitrogens is 4. The molecule has 0 saturated carbocycles. The van der Waals surface area contributed by atoms with Crippen LogP contribution < -0.4 is 20.7 Å². The average Bonchev–Trinajstić information content (AvgIpc) is 2.81. The number of halogens is 4. The molecule has 2 aromatic heterocycles. The van der Waals surface area contributed by atoms with Gasteiger partial charge in [-0.15, -0.1) is 13.2 Å². The molecule has 0 bridgehead atoms. The SMILES string of the molecule is Cn1c(=O)[nH]c(=O)c2c1nc(Oc1cccc(OC(F)(F)F)c1)n2Cl. The monoisotopic (exact) mass is 376 g/mol. The molecule has 0 saturated heterocycles. The van der Waals surface area contributed by atoms with Crippen molar-refractivity contribution in [2.24, 2.45) is 7.05 Å². The van der Waals surface area contributed by atoms with Crippen LogP contribution in [-0.4, -0.2) is 25.0 Å². The summed E-state index contributed by atoms with van der Waals surface area (Å²) >= 11 is 5.97. The lowest BCUT2D eigenvalue weighted by Crippen LogP contribution is -2.28. The number of alkyl halides is 3. The van der Waals surface area contributed by atoms with Gasteiger partial charge in [0, 0.05) is 24.9 Å². The van der Waals surface area contributed by atoms with Crippen molar-refractivity contribution in [3.8, 4) is 17.5 Å². The van der Waals surface area contributed by atoms with Crippen LogP contribution >= 0.6 is 11.8 Å². The van der Waals surface area contributed by atoms with E-state index in [0.29, 0.717) is 0 Å². The summed E-state index contributed by atoms with van der Waals surface area (Å²) in [5, 5.41) is 0. The first kappa shape index (κ1) is 16.9. The van der Waals surface area contributed by atoms with Crippen molar-refractivity contribution in [3.63, 3.8) is 0 Å². The number of fused-ring (bicyclic) bond motifs is 1. The highest BCUT2D eigenvalue weighted by Gasteiger charge is 2.31. The number of aryl methyl sites for hydroxylation is 1. The zero-order valence-corrected chi connectivity index (χ0v) is 13.1. The van der Waals surface area contributed by atoms with Crippen LogP contribution in [0.4, 0.5) is 13.2 Å². The van der Waals surface area contributed by atoms with Crippen LogP contribution in [0.1, 0.15) is 0 Å². The third-order valence-corrected chi connectivity index (χ3v) is 3.40. The van der Waals surface area contributed by atoms with E-state index in [4.69, 9.17) is 16.5 Å². The largest absolute Gasteiger partial charge is 0.573 e. The van der Waals surface area contributed by atoms with Gasteiger partial charge in [0.1, 0.15) is 11.5 Å². The van der Waals surface area contributed by atoms with E-state index < -0.39 is 23.4 Å². The predicted molar refractivity (Wildman–Crippen MR) is 80.0 cm³/mol. The molecule has 0 atom stereocenters. The fourth-order valence-electron chi connectivity index (χ4n) is 2.03. The maximum absolute atomic E-state index is 12.3. The Hall–Kier alpha value is -2.95. The topological polar surface area (TPSA) is 91.1 Å². The first-order valence-corrected chi connectivity index (χ1v) is 6.91. The number of hydrogen-bond donors (Lipinski definition) is 1. The minimum Gasteiger partial charge on any atom is -0.424 e. The summed E-state index contributed by atoms with van der Waals surface area (Å²) in [6, 6.07) is 4.33. The van der Waals surface area contributed by atoms with Crippen LogP contribution in [0.25, 0.3) is 11.2 Å². The Labute approximate surface area is 141 Å². The molecule has 0 radical (unpaired) electrons. The number of rotatable bonds is 3. The van der Waals surface area contributed by atoms with Gasteiger partial charge in [-0.1, -0.05) is 6.07 Å². The summed E-state index contributed by atoms with van der Waals surface area (Å²) in [5.41, 5.74) is -1.70. The van der Waals surface area contributed by atoms with Crippen molar-refractivity contribution in [3.05, 3.63) is 45.1 Å². The second kappa shape index (κ2) is 5.84. The third-order valence-electron chi connectivity index (χ3n) is 3.08. The van der Waals surface area contributed by atoms with Crippen molar-refractivity contribution in [2.75, 3.05) is 0 Å². The minimum absolute atomic E-state index is 0.0542. The molecule has 0 fully saturated rings. The Morgan fingerprint density at radius 1 is 1.24 bits per heavy atom. The molecular formula is C13H8ClF3N4O4. The molecule has 132 valence electrons. The number of aromatic amines is 1. The normalized spacial score (nSPS) is 11.7. The highest BCUT2D eigenvalue weighted by molar-refractivity contribution is 6.19. The minimum atomic E-state index is -4.86. The van der Waals surface area contributed by atoms with E-state index in [0.717, 1.165) is 20.8 Å². The summed E-state index contributed by atoms with van der Waals surface area (Å²) < 4.78 is 47.7. The van der Waals surface area contributed by atoms with Crippen LogP contribution in [0.3, 0.4) is 0 Å². The average molecular weight is 377 g/mol. The van der Waals surface area contributed by atoms with E-state index in [2.05, 4.69) is 9.72 Å². The fourth-order valence-corrected chi connectivity index (χ4v) is 2.26. The predicted octanol–water partition coefficient (Wildman–Crippen LogP) is 2.12. The lowest BCUT2D eigenvalue weighted by molar-refractivity contribution is -0.274. The van der Waals surface area contributed by atoms with Crippen LogP contribution in [0.2, 0.25) is 0 Å². The second-order valence-corrected chi connectivity index (χ2v) is 5.13. The van der Waals surface area contributed by atoms with E-state index >= 15 is 0 Å². The second-order valence-electron chi connectivity index (χ2n) is 4.79. The van der Waals surface area contributed by atoms with Crippen LogP contribution in [0, 0.1) is 0 Å². The van der Waals surface area contributed by atoms with Gasteiger partial charge >= 0.3 is 18.1 Å². The lowest BCUT2D eigenvalue weighted by Gasteiger charge is -2.10. The summed E-state index contributed by atoms with van der Waals surface area (Å²) in [6.45, 7) is 0. The quantitative estimate of drug-likeness (QED) is 0.756. The molecule has 12 heteroatoms. The first-order chi connectivity index (χ1) is 11.7. The number of ether oxygens (including phenoxy) is 2. The van der Waals surface area contributed by atoms with E-state index in [9.17, 15) is 22.8 Å². The Kier molecular flexibility index (Phi) is 3.95. The van der Waals surface area contributed by atoms with Crippen molar-refractivity contribution in [1.82, 2.24) is 18.6 Å². The fraction of sp³-hybridized carbons (Fsp3) is 0.154. The zero-order chi connectivity index (χ0) is 18.4. The van der Waals surface area contributed by atoms with Crippen LogP contribution in [-0.2, 0) is 7.05 Å². The molecule has 0 unspecified atom stereocenters. The van der Waals surface area contributed by atoms with Gasteiger partial charge in [-0.05, 0) is 12.1 Å². The highest BCUT2D eigenvalue weighted by atomic mass is 35.5. The third kappa shape index (κ3) is 3.31.